The van der Waals surface area contributed by atoms with Gasteiger partial charge in [0.25, 0.3) is 0 Å². The van der Waals surface area contributed by atoms with Crippen LogP contribution in [0.15, 0.2) is 42.7 Å². The Morgan fingerprint density at radius 3 is 2.53 bits per heavy atom. The van der Waals surface area contributed by atoms with E-state index in [9.17, 15) is 14.4 Å². The number of hydrogen-bond acceptors (Lipinski definition) is 5. The number of aromatic amines is 1. The van der Waals surface area contributed by atoms with E-state index in [0.717, 1.165) is 11.3 Å². The molecule has 0 aliphatic carbocycles. The molecule has 0 unspecified atom stereocenters. The van der Waals surface area contributed by atoms with E-state index in [4.69, 9.17) is 4.74 Å². The highest BCUT2D eigenvalue weighted by Crippen LogP contribution is 2.20. The van der Waals surface area contributed by atoms with Crippen LogP contribution in [0, 0.1) is 6.92 Å². The summed E-state index contributed by atoms with van der Waals surface area (Å²) in [7, 11) is 1.27. The summed E-state index contributed by atoms with van der Waals surface area (Å²) >= 11 is 0. The average molecular weight is 408 g/mol. The molecule has 8 nitrogen and oxygen atoms in total. The number of nitrogens with one attached hydrogen (secondary N) is 2. The van der Waals surface area contributed by atoms with E-state index >= 15 is 0 Å². The third-order valence-electron chi connectivity index (χ3n) is 4.85. The average Bonchev–Trinajstić information content (AvgIpc) is 3.36. The molecule has 0 spiro atoms. The number of esters is 1. The summed E-state index contributed by atoms with van der Waals surface area (Å²) < 4.78 is 6.58. The van der Waals surface area contributed by atoms with Crippen molar-refractivity contribution in [2.45, 2.75) is 26.7 Å². The molecule has 0 saturated heterocycles. The Labute approximate surface area is 174 Å². The van der Waals surface area contributed by atoms with E-state index in [-0.39, 0.29) is 23.7 Å². The van der Waals surface area contributed by atoms with Crippen LogP contribution in [0.1, 0.15) is 44.6 Å². The molecule has 2 heterocycles. The van der Waals surface area contributed by atoms with Gasteiger partial charge in [-0.2, -0.15) is 5.10 Å². The first-order chi connectivity index (χ1) is 14.4. The van der Waals surface area contributed by atoms with Gasteiger partial charge in [-0.15, -0.1) is 0 Å². The van der Waals surface area contributed by atoms with Crippen molar-refractivity contribution >= 4 is 17.7 Å². The maximum absolute atomic E-state index is 12.4. The number of aromatic nitrogens is 3. The van der Waals surface area contributed by atoms with E-state index in [1.165, 1.54) is 14.0 Å². The molecule has 1 amide bonds. The first-order valence-corrected chi connectivity index (χ1v) is 9.57. The Morgan fingerprint density at radius 2 is 1.93 bits per heavy atom. The number of ketones is 1. The van der Waals surface area contributed by atoms with E-state index in [1.807, 2.05) is 36.5 Å². The molecule has 1 aromatic carbocycles. The Hall–Kier alpha value is -3.68. The summed E-state index contributed by atoms with van der Waals surface area (Å²) in [5.74, 6) is -1.02. The van der Waals surface area contributed by atoms with Gasteiger partial charge >= 0.3 is 5.97 Å². The Kier molecular flexibility index (Phi) is 6.46. The van der Waals surface area contributed by atoms with E-state index < -0.39 is 5.97 Å². The van der Waals surface area contributed by atoms with Crippen LogP contribution < -0.4 is 5.32 Å². The van der Waals surface area contributed by atoms with Gasteiger partial charge in [0, 0.05) is 31.6 Å². The number of ether oxygens (including phenoxy) is 1. The zero-order valence-electron chi connectivity index (χ0n) is 17.2. The van der Waals surface area contributed by atoms with Crippen LogP contribution in [0.4, 0.5) is 0 Å². The molecule has 156 valence electrons. The van der Waals surface area contributed by atoms with Crippen LogP contribution in [0.2, 0.25) is 0 Å². The first-order valence-electron chi connectivity index (χ1n) is 9.57. The smallest absolute Gasteiger partial charge is 0.339 e. The zero-order chi connectivity index (χ0) is 21.7. The SMILES string of the molecule is COC(=O)c1c(CC(=O)NCCc2ccc(-n3cccn3)cc2)[nH]c(C(C)=O)c1C. The summed E-state index contributed by atoms with van der Waals surface area (Å²) in [5.41, 5.74) is 3.48. The summed E-state index contributed by atoms with van der Waals surface area (Å²) in [6, 6.07) is 9.79. The van der Waals surface area contributed by atoms with E-state index in [0.29, 0.717) is 29.9 Å². The molecular weight excluding hydrogens is 384 g/mol. The molecule has 30 heavy (non-hydrogen) atoms. The fourth-order valence-corrected chi connectivity index (χ4v) is 3.33. The molecule has 0 fully saturated rings. The third kappa shape index (κ3) is 4.65. The minimum absolute atomic E-state index is 0.0449. The number of nitrogens with zero attached hydrogens (tertiary/aromatic N) is 2. The normalized spacial score (nSPS) is 10.6. The molecule has 0 bridgehead atoms. The van der Waals surface area contributed by atoms with Gasteiger partial charge in [-0.1, -0.05) is 12.1 Å². The lowest BCUT2D eigenvalue weighted by molar-refractivity contribution is -0.120. The highest BCUT2D eigenvalue weighted by Gasteiger charge is 2.24. The van der Waals surface area contributed by atoms with Gasteiger partial charge in [0.1, 0.15) is 0 Å². The second kappa shape index (κ2) is 9.21. The Balaban J connectivity index is 1.59. The first kappa shape index (κ1) is 21.0. The number of carbonyl (C=O) groups is 3. The molecule has 2 N–H and O–H groups in total. The Bertz CT molecular complexity index is 1050. The van der Waals surface area contributed by atoms with Crippen LogP contribution >= 0.6 is 0 Å². The summed E-state index contributed by atoms with van der Waals surface area (Å²) in [6.45, 7) is 3.52. The lowest BCUT2D eigenvalue weighted by atomic mass is 10.1. The molecule has 0 aliphatic heterocycles. The lowest BCUT2D eigenvalue weighted by Crippen LogP contribution is -2.28. The molecule has 3 rings (SSSR count). The fourth-order valence-electron chi connectivity index (χ4n) is 3.33. The van der Waals surface area contributed by atoms with Gasteiger partial charge in [-0.05, 0) is 42.7 Å². The number of methoxy groups -OCH3 is 1. The van der Waals surface area contributed by atoms with Crippen LogP contribution in [-0.4, -0.2) is 46.1 Å². The van der Waals surface area contributed by atoms with Gasteiger partial charge in [0.2, 0.25) is 5.91 Å². The van der Waals surface area contributed by atoms with Gasteiger partial charge < -0.3 is 15.0 Å². The fraction of sp³-hybridized carbons (Fsp3) is 0.273. The van der Waals surface area contributed by atoms with Crippen LogP contribution in [0.5, 0.6) is 0 Å². The van der Waals surface area contributed by atoms with Crippen molar-refractivity contribution in [3.8, 4) is 5.69 Å². The maximum atomic E-state index is 12.4. The van der Waals surface area contributed by atoms with Crippen LogP contribution in [0.3, 0.4) is 0 Å². The second-order valence-corrected chi connectivity index (χ2v) is 6.92. The number of Topliss-reactive ketones (excluding diaryl/α,β-unsaturated/α-hetero) is 1. The van der Waals surface area contributed by atoms with Crippen molar-refractivity contribution in [2.24, 2.45) is 0 Å². The monoisotopic (exact) mass is 408 g/mol. The standard InChI is InChI=1S/C22H24N4O4/c1-14-20(22(29)30-3)18(25-21(14)15(2)27)13-19(28)23-11-9-16-5-7-17(8-6-16)26-12-4-10-24-26/h4-8,10,12,25H,9,11,13H2,1-3H3,(H,23,28). The highest BCUT2D eigenvalue weighted by atomic mass is 16.5. The second-order valence-electron chi connectivity index (χ2n) is 6.92. The van der Waals surface area contributed by atoms with Gasteiger partial charge in [-0.25, -0.2) is 9.48 Å². The Morgan fingerprint density at radius 1 is 1.20 bits per heavy atom. The summed E-state index contributed by atoms with van der Waals surface area (Å²) in [6.07, 6.45) is 4.21. The summed E-state index contributed by atoms with van der Waals surface area (Å²) in [4.78, 5) is 39.1. The minimum Gasteiger partial charge on any atom is -0.465 e. The van der Waals surface area contributed by atoms with Gasteiger partial charge in [0.15, 0.2) is 5.78 Å². The predicted octanol–water partition coefficient (Wildman–Crippen LogP) is 2.40. The number of hydrogen-bond donors (Lipinski definition) is 2. The lowest BCUT2D eigenvalue weighted by Gasteiger charge is -2.07. The molecule has 2 aromatic heterocycles. The molecule has 0 saturated carbocycles. The molecule has 0 atom stereocenters. The van der Waals surface area contributed by atoms with Crippen molar-refractivity contribution in [3.05, 3.63) is 70.8 Å². The molecule has 0 aliphatic rings. The van der Waals surface area contributed by atoms with E-state index in [1.54, 1.807) is 17.8 Å². The highest BCUT2D eigenvalue weighted by molar-refractivity contribution is 6.01. The van der Waals surface area contributed by atoms with Crippen LogP contribution in [0.25, 0.3) is 5.69 Å². The maximum Gasteiger partial charge on any atom is 0.339 e. The van der Waals surface area contributed by atoms with Crippen molar-refractivity contribution in [3.63, 3.8) is 0 Å². The minimum atomic E-state index is -0.573. The number of H-pyrrole nitrogens is 1. The third-order valence-corrected chi connectivity index (χ3v) is 4.85. The number of amides is 1. The molecule has 8 heteroatoms. The summed E-state index contributed by atoms with van der Waals surface area (Å²) in [5, 5.41) is 7.04. The zero-order valence-corrected chi connectivity index (χ0v) is 17.2. The van der Waals surface area contributed by atoms with Gasteiger partial charge in [-0.3, -0.25) is 9.59 Å². The van der Waals surface area contributed by atoms with Crippen LogP contribution in [-0.2, 0) is 22.4 Å². The number of carbonyl (C=O) groups excluding carboxylic acids is 3. The van der Waals surface area contributed by atoms with Gasteiger partial charge in [0.05, 0.1) is 30.5 Å². The number of benzene rings is 1. The predicted molar refractivity (Wildman–Crippen MR) is 111 cm³/mol. The van der Waals surface area contributed by atoms with Crippen molar-refractivity contribution in [1.82, 2.24) is 20.1 Å². The van der Waals surface area contributed by atoms with Crippen molar-refractivity contribution < 1.29 is 19.1 Å². The largest absolute Gasteiger partial charge is 0.465 e. The molecule has 0 radical (unpaired) electrons. The van der Waals surface area contributed by atoms with E-state index in [2.05, 4.69) is 15.4 Å². The molecule has 3 aromatic rings. The van der Waals surface area contributed by atoms with Crippen molar-refractivity contribution in [2.75, 3.05) is 13.7 Å². The number of rotatable bonds is 8. The topological polar surface area (TPSA) is 106 Å². The van der Waals surface area contributed by atoms with Crippen molar-refractivity contribution in [1.29, 1.82) is 0 Å². The molecular formula is C22H24N4O4. The quantitative estimate of drug-likeness (QED) is 0.440.